The summed E-state index contributed by atoms with van der Waals surface area (Å²) in [6, 6.07) is 0.553. The highest BCUT2D eigenvalue weighted by Crippen LogP contribution is 2.46. The van der Waals surface area contributed by atoms with Gasteiger partial charge in [-0.2, -0.15) is 0 Å². The van der Waals surface area contributed by atoms with Crippen LogP contribution < -0.4 is 5.32 Å². The summed E-state index contributed by atoms with van der Waals surface area (Å²) < 4.78 is 4.82. The van der Waals surface area contributed by atoms with Gasteiger partial charge in [0.2, 0.25) is 0 Å². The Morgan fingerprint density at radius 1 is 1.60 bits per heavy atom. The third kappa shape index (κ3) is 2.32. The van der Waals surface area contributed by atoms with E-state index >= 15 is 0 Å². The average molecular weight is 212 g/mol. The molecule has 1 atom stereocenters. The molecule has 86 valence electrons. The van der Waals surface area contributed by atoms with Crippen LogP contribution in [0.1, 0.15) is 19.3 Å². The van der Waals surface area contributed by atoms with Crippen LogP contribution in [0.15, 0.2) is 0 Å². The molecule has 1 unspecified atom stereocenters. The maximum Gasteiger partial charge on any atom is 0.313 e. The molecule has 0 aromatic heterocycles. The fourth-order valence-corrected chi connectivity index (χ4v) is 2.26. The Morgan fingerprint density at radius 3 is 2.80 bits per heavy atom. The third-order valence-corrected chi connectivity index (χ3v) is 3.59. The van der Waals surface area contributed by atoms with E-state index in [2.05, 4.69) is 17.3 Å². The van der Waals surface area contributed by atoms with Crippen molar-refractivity contribution >= 4 is 5.97 Å². The second-order valence-electron chi connectivity index (χ2n) is 4.90. The van der Waals surface area contributed by atoms with E-state index in [1.54, 1.807) is 0 Å². The van der Waals surface area contributed by atoms with Gasteiger partial charge < -0.3 is 15.0 Å². The highest BCUT2D eigenvalue weighted by molar-refractivity contribution is 5.80. The van der Waals surface area contributed by atoms with Crippen molar-refractivity contribution in [2.45, 2.75) is 25.3 Å². The van der Waals surface area contributed by atoms with Gasteiger partial charge in [-0.1, -0.05) is 0 Å². The molecule has 0 aromatic rings. The van der Waals surface area contributed by atoms with Gasteiger partial charge in [0.05, 0.1) is 12.5 Å². The normalized spacial score (nSPS) is 29.1. The second kappa shape index (κ2) is 4.10. The monoisotopic (exact) mass is 212 g/mol. The molecular weight excluding hydrogens is 192 g/mol. The molecule has 0 spiro atoms. The third-order valence-electron chi connectivity index (χ3n) is 3.59. The molecule has 2 rings (SSSR count). The molecule has 2 fully saturated rings. The quantitative estimate of drug-likeness (QED) is 0.678. The summed E-state index contributed by atoms with van der Waals surface area (Å²) in [6.07, 6.45) is 3.15. The number of ether oxygens (including phenoxy) is 1. The molecule has 0 aromatic carbocycles. The van der Waals surface area contributed by atoms with Crippen molar-refractivity contribution in [2.75, 3.05) is 33.8 Å². The number of nitrogens with one attached hydrogen (secondary N) is 1. The number of hydrogen-bond donors (Lipinski definition) is 1. The second-order valence-corrected chi connectivity index (χ2v) is 4.90. The van der Waals surface area contributed by atoms with Crippen molar-refractivity contribution < 1.29 is 9.53 Å². The van der Waals surface area contributed by atoms with E-state index in [9.17, 15) is 4.79 Å². The van der Waals surface area contributed by atoms with Gasteiger partial charge in [-0.3, -0.25) is 4.79 Å². The fraction of sp³-hybridized carbons (Fsp3) is 0.909. The molecule has 0 amide bonds. The number of likely N-dealkylation sites (tertiary alicyclic amines) is 1. The van der Waals surface area contributed by atoms with E-state index in [4.69, 9.17) is 4.74 Å². The van der Waals surface area contributed by atoms with Crippen molar-refractivity contribution in [1.29, 1.82) is 0 Å². The number of nitrogens with zero attached hydrogens (tertiary/aromatic N) is 1. The van der Waals surface area contributed by atoms with Crippen molar-refractivity contribution in [2.24, 2.45) is 5.41 Å². The van der Waals surface area contributed by atoms with Crippen molar-refractivity contribution in [3.05, 3.63) is 0 Å². The number of esters is 1. The Hall–Kier alpha value is -0.610. The van der Waals surface area contributed by atoms with Crippen LogP contribution in [0, 0.1) is 5.41 Å². The summed E-state index contributed by atoms with van der Waals surface area (Å²) in [7, 11) is 3.61. The summed E-state index contributed by atoms with van der Waals surface area (Å²) in [5.74, 6) is -0.0404. The Bertz CT molecular complexity index is 251. The summed E-state index contributed by atoms with van der Waals surface area (Å²) in [5, 5.41) is 3.49. The van der Waals surface area contributed by atoms with E-state index in [0.29, 0.717) is 6.04 Å². The molecule has 1 heterocycles. The Labute approximate surface area is 91.0 Å². The lowest BCUT2D eigenvalue weighted by atomic mass is 10.1. The number of carbonyl (C=O) groups excluding carboxylic acids is 1. The molecule has 15 heavy (non-hydrogen) atoms. The van der Waals surface area contributed by atoms with Crippen LogP contribution in [-0.4, -0.2) is 50.7 Å². The summed E-state index contributed by atoms with van der Waals surface area (Å²) in [5.41, 5.74) is -0.185. The molecule has 1 aliphatic heterocycles. The highest BCUT2D eigenvalue weighted by Gasteiger charge is 2.51. The van der Waals surface area contributed by atoms with E-state index in [1.165, 1.54) is 13.5 Å². The lowest BCUT2D eigenvalue weighted by Crippen LogP contribution is -2.38. The van der Waals surface area contributed by atoms with Gasteiger partial charge in [-0.15, -0.1) is 0 Å². The predicted octanol–water partition coefficient (Wildman–Crippen LogP) is 0.233. The van der Waals surface area contributed by atoms with Crippen molar-refractivity contribution in [1.82, 2.24) is 10.2 Å². The number of rotatable bonds is 4. The Kier molecular flexibility index (Phi) is 2.98. The molecule has 1 saturated carbocycles. The fourth-order valence-electron chi connectivity index (χ4n) is 2.26. The summed E-state index contributed by atoms with van der Waals surface area (Å²) >= 11 is 0. The van der Waals surface area contributed by atoms with Crippen LogP contribution in [0.2, 0.25) is 0 Å². The lowest BCUT2D eigenvalue weighted by Gasteiger charge is -2.17. The Balaban J connectivity index is 1.76. The zero-order valence-corrected chi connectivity index (χ0v) is 9.58. The van der Waals surface area contributed by atoms with Gasteiger partial charge in [0, 0.05) is 19.1 Å². The van der Waals surface area contributed by atoms with E-state index in [0.717, 1.165) is 32.5 Å². The van der Waals surface area contributed by atoms with Gasteiger partial charge in [0.15, 0.2) is 0 Å². The lowest BCUT2D eigenvalue weighted by molar-refractivity contribution is -0.146. The zero-order valence-electron chi connectivity index (χ0n) is 9.58. The van der Waals surface area contributed by atoms with Crippen molar-refractivity contribution in [3.63, 3.8) is 0 Å². The summed E-state index contributed by atoms with van der Waals surface area (Å²) in [6.45, 7) is 3.04. The van der Waals surface area contributed by atoms with Crippen LogP contribution >= 0.6 is 0 Å². The first-order valence-corrected chi connectivity index (χ1v) is 5.67. The van der Waals surface area contributed by atoms with Crippen LogP contribution in [0.5, 0.6) is 0 Å². The maximum absolute atomic E-state index is 11.5. The smallest absolute Gasteiger partial charge is 0.313 e. The zero-order chi connectivity index (χ0) is 10.9. The molecule has 4 nitrogen and oxygen atoms in total. The minimum absolute atomic E-state index is 0.0404. The number of hydrogen-bond acceptors (Lipinski definition) is 4. The molecular formula is C11H20N2O2. The topological polar surface area (TPSA) is 41.6 Å². The highest BCUT2D eigenvalue weighted by atomic mass is 16.5. The minimum atomic E-state index is -0.185. The van der Waals surface area contributed by atoms with E-state index in [1.807, 2.05) is 0 Å². The molecule has 0 radical (unpaired) electrons. The number of carbonyl (C=O) groups is 1. The first-order valence-electron chi connectivity index (χ1n) is 5.67. The standard InChI is InChI=1S/C11H20N2O2/c1-13-6-3-9(7-13)12-8-11(4-5-11)10(14)15-2/h9,12H,3-8H2,1-2H3. The molecule has 4 heteroatoms. The number of likely N-dealkylation sites (N-methyl/N-ethyl adjacent to an activating group) is 1. The minimum Gasteiger partial charge on any atom is -0.469 e. The first kappa shape index (κ1) is 10.9. The average Bonchev–Trinajstić information content (AvgIpc) is 2.93. The Morgan fingerprint density at radius 2 is 2.33 bits per heavy atom. The largest absolute Gasteiger partial charge is 0.469 e. The molecule has 1 aliphatic carbocycles. The molecule has 0 bridgehead atoms. The van der Waals surface area contributed by atoms with Gasteiger partial charge >= 0.3 is 5.97 Å². The predicted molar refractivity (Wildman–Crippen MR) is 57.6 cm³/mol. The van der Waals surface area contributed by atoms with Gasteiger partial charge in [-0.25, -0.2) is 0 Å². The van der Waals surface area contributed by atoms with Gasteiger partial charge in [0.25, 0.3) is 0 Å². The first-order chi connectivity index (χ1) is 7.16. The SMILES string of the molecule is COC(=O)C1(CNC2CCN(C)C2)CC1. The van der Waals surface area contributed by atoms with Gasteiger partial charge in [-0.05, 0) is 32.9 Å². The van der Waals surface area contributed by atoms with Crippen LogP contribution in [0.4, 0.5) is 0 Å². The van der Waals surface area contributed by atoms with Crippen LogP contribution in [0.25, 0.3) is 0 Å². The molecule has 2 aliphatic rings. The van der Waals surface area contributed by atoms with Crippen LogP contribution in [-0.2, 0) is 9.53 Å². The summed E-state index contributed by atoms with van der Waals surface area (Å²) in [4.78, 5) is 13.8. The van der Waals surface area contributed by atoms with Gasteiger partial charge in [0.1, 0.15) is 0 Å². The van der Waals surface area contributed by atoms with E-state index in [-0.39, 0.29) is 11.4 Å². The van der Waals surface area contributed by atoms with Crippen LogP contribution in [0.3, 0.4) is 0 Å². The maximum atomic E-state index is 11.5. The van der Waals surface area contributed by atoms with Crippen molar-refractivity contribution in [3.8, 4) is 0 Å². The molecule has 1 saturated heterocycles. The number of methoxy groups -OCH3 is 1. The molecule has 1 N–H and O–H groups in total. The van der Waals surface area contributed by atoms with E-state index < -0.39 is 0 Å².